The van der Waals surface area contributed by atoms with Gasteiger partial charge in [0, 0.05) is 24.7 Å². The normalized spacial score (nSPS) is 15.0. The molecule has 2 amide bonds. The number of fused-ring (bicyclic) bond motifs is 1. The molecule has 122 valence electrons. The molecule has 1 aromatic carbocycles. The van der Waals surface area contributed by atoms with Crippen LogP contribution in [0.25, 0.3) is 0 Å². The number of urea groups is 1. The third-order valence-electron chi connectivity index (χ3n) is 3.40. The summed E-state index contributed by atoms with van der Waals surface area (Å²) in [5.41, 5.74) is -0.526. The van der Waals surface area contributed by atoms with Crippen LogP contribution in [0.15, 0.2) is 41.0 Å². The van der Waals surface area contributed by atoms with E-state index in [2.05, 4.69) is 10.6 Å². The number of aliphatic hydroxyl groups is 1. The van der Waals surface area contributed by atoms with E-state index >= 15 is 0 Å². The number of nitrogens with one attached hydrogen (secondary N) is 2. The predicted molar refractivity (Wildman–Crippen MR) is 82.6 cm³/mol. The average molecular weight is 318 g/mol. The van der Waals surface area contributed by atoms with Gasteiger partial charge in [0.15, 0.2) is 11.5 Å². The fourth-order valence-corrected chi connectivity index (χ4v) is 2.27. The molecule has 3 rings (SSSR count). The number of carbonyl (C=O) groups excluding carboxylic acids is 1. The first-order chi connectivity index (χ1) is 11.0. The molecule has 3 N–H and O–H groups in total. The molecule has 0 saturated heterocycles. The molecule has 1 aliphatic heterocycles. The third-order valence-corrected chi connectivity index (χ3v) is 3.40. The minimum absolute atomic E-state index is 0.0874. The number of benzene rings is 1. The highest BCUT2D eigenvalue weighted by molar-refractivity contribution is 5.89. The maximum absolute atomic E-state index is 11.9. The smallest absolute Gasteiger partial charge is 0.319 e. The van der Waals surface area contributed by atoms with E-state index in [4.69, 9.17) is 13.9 Å². The Bertz CT molecular complexity index is 682. The summed E-state index contributed by atoms with van der Waals surface area (Å²) >= 11 is 0. The van der Waals surface area contributed by atoms with Crippen molar-refractivity contribution >= 4 is 11.7 Å². The van der Waals surface area contributed by atoms with Crippen molar-refractivity contribution in [2.75, 3.05) is 18.7 Å². The zero-order valence-corrected chi connectivity index (χ0v) is 12.7. The molecule has 2 aromatic rings. The Morgan fingerprint density at radius 2 is 2.13 bits per heavy atom. The average Bonchev–Trinajstić information content (AvgIpc) is 3.15. The maximum Gasteiger partial charge on any atom is 0.319 e. The van der Waals surface area contributed by atoms with E-state index in [1.54, 1.807) is 43.5 Å². The lowest BCUT2D eigenvalue weighted by molar-refractivity contribution is 0.0577. The summed E-state index contributed by atoms with van der Waals surface area (Å²) in [6.07, 6.45) is 1.86. The Kier molecular flexibility index (Phi) is 4.12. The van der Waals surface area contributed by atoms with Crippen LogP contribution in [0.4, 0.5) is 10.5 Å². The molecule has 7 nitrogen and oxygen atoms in total. The van der Waals surface area contributed by atoms with Crippen molar-refractivity contribution in [2.24, 2.45) is 0 Å². The van der Waals surface area contributed by atoms with Gasteiger partial charge in [-0.1, -0.05) is 0 Å². The Morgan fingerprint density at radius 3 is 2.91 bits per heavy atom. The first kappa shape index (κ1) is 15.2. The summed E-state index contributed by atoms with van der Waals surface area (Å²) in [7, 11) is 0. The van der Waals surface area contributed by atoms with E-state index in [1.807, 2.05) is 0 Å². The SMILES string of the molecule is CC(O)(CNC(=O)Nc1ccc2c(c1)OCO2)Cc1ccco1. The number of hydrogen-bond acceptors (Lipinski definition) is 5. The van der Waals surface area contributed by atoms with Crippen LogP contribution in [0.1, 0.15) is 12.7 Å². The van der Waals surface area contributed by atoms with Crippen LogP contribution in [0.5, 0.6) is 11.5 Å². The van der Waals surface area contributed by atoms with E-state index in [0.717, 1.165) is 0 Å². The second-order valence-electron chi connectivity index (χ2n) is 5.63. The molecule has 7 heteroatoms. The quantitative estimate of drug-likeness (QED) is 0.785. The second-order valence-corrected chi connectivity index (χ2v) is 5.63. The molecular weight excluding hydrogens is 300 g/mol. The molecule has 23 heavy (non-hydrogen) atoms. The molecule has 0 radical (unpaired) electrons. The molecule has 1 atom stereocenters. The van der Waals surface area contributed by atoms with Gasteiger partial charge in [0.05, 0.1) is 11.9 Å². The Labute approximate surface area is 133 Å². The lowest BCUT2D eigenvalue weighted by Gasteiger charge is -2.22. The van der Waals surface area contributed by atoms with Gasteiger partial charge in [0.2, 0.25) is 6.79 Å². The Balaban J connectivity index is 1.51. The highest BCUT2D eigenvalue weighted by atomic mass is 16.7. The first-order valence-corrected chi connectivity index (χ1v) is 7.21. The molecular formula is C16H18N2O5. The zero-order chi connectivity index (χ0) is 16.3. The molecule has 0 bridgehead atoms. The van der Waals surface area contributed by atoms with E-state index in [9.17, 15) is 9.90 Å². The number of amides is 2. The van der Waals surface area contributed by atoms with E-state index in [1.165, 1.54) is 0 Å². The van der Waals surface area contributed by atoms with E-state index in [-0.39, 0.29) is 13.3 Å². The number of carbonyl (C=O) groups is 1. The fourth-order valence-electron chi connectivity index (χ4n) is 2.27. The Morgan fingerprint density at radius 1 is 1.30 bits per heavy atom. The van der Waals surface area contributed by atoms with Crippen LogP contribution in [-0.2, 0) is 6.42 Å². The number of furan rings is 1. The van der Waals surface area contributed by atoms with Crippen molar-refractivity contribution in [3.63, 3.8) is 0 Å². The summed E-state index contributed by atoms with van der Waals surface area (Å²) in [6.45, 7) is 1.90. The first-order valence-electron chi connectivity index (χ1n) is 7.21. The summed E-state index contributed by atoms with van der Waals surface area (Å²) in [5, 5.41) is 15.6. The number of rotatable bonds is 5. The van der Waals surface area contributed by atoms with Gasteiger partial charge in [-0.2, -0.15) is 0 Å². The van der Waals surface area contributed by atoms with Gasteiger partial charge in [-0.05, 0) is 31.2 Å². The minimum Gasteiger partial charge on any atom is -0.469 e. The van der Waals surface area contributed by atoms with Crippen molar-refractivity contribution in [1.82, 2.24) is 5.32 Å². The molecule has 1 aromatic heterocycles. The monoisotopic (exact) mass is 318 g/mol. The number of ether oxygens (including phenoxy) is 2. The summed E-state index contributed by atoms with van der Waals surface area (Å²) < 4.78 is 15.7. The predicted octanol–water partition coefficient (Wildman–Crippen LogP) is 2.12. The van der Waals surface area contributed by atoms with E-state index < -0.39 is 11.6 Å². The number of hydrogen-bond donors (Lipinski definition) is 3. The van der Waals surface area contributed by atoms with Crippen molar-refractivity contribution in [3.8, 4) is 11.5 Å². The molecule has 0 fully saturated rings. The van der Waals surface area contributed by atoms with Crippen molar-refractivity contribution in [1.29, 1.82) is 0 Å². The van der Waals surface area contributed by atoms with Crippen LogP contribution in [0.3, 0.4) is 0 Å². The van der Waals surface area contributed by atoms with Crippen molar-refractivity contribution in [2.45, 2.75) is 18.9 Å². The van der Waals surface area contributed by atoms with Crippen molar-refractivity contribution < 1.29 is 23.8 Å². The summed E-state index contributed by atoms with van der Waals surface area (Å²) in [4.78, 5) is 11.9. The molecule has 0 spiro atoms. The van der Waals surface area contributed by atoms with Crippen LogP contribution in [-0.4, -0.2) is 30.1 Å². The molecule has 1 aliphatic rings. The van der Waals surface area contributed by atoms with Gasteiger partial charge in [0.1, 0.15) is 5.76 Å². The lowest BCUT2D eigenvalue weighted by Crippen LogP contribution is -2.43. The zero-order valence-electron chi connectivity index (χ0n) is 12.7. The summed E-state index contributed by atoms with van der Waals surface area (Å²) in [5.74, 6) is 1.90. The molecule has 0 aliphatic carbocycles. The standard InChI is InChI=1S/C16H18N2O5/c1-16(20,8-12-3-2-6-21-12)9-17-15(19)18-11-4-5-13-14(7-11)23-10-22-13/h2-7,20H,8-10H2,1H3,(H2,17,18,19). The van der Waals surface area contributed by atoms with Gasteiger partial charge in [-0.3, -0.25) is 0 Å². The topological polar surface area (TPSA) is 93.0 Å². The van der Waals surface area contributed by atoms with Crippen LogP contribution >= 0.6 is 0 Å². The molecule has 1 unspecified atom stereocenters. The second kappa shape index (κ2) is 6.21. The third kappa shape index (κ3) is 3.95. The highest BCUT2D eigenvalue weighted by Crippen LogP contribution is 2.34. The van der Waals surface area contributed by atoms with Gasteiger partial charge >= 0.3 is 6.03 Å². The number of anilines is 1. The van der Waals surface area contributed by atoms with Crippen LogP contribution in [0.2, 0.25) is 0 Å². The molecule has 0 saturated carbocycles. The largest absolute Gasteiger partial charge is 0.469 e. The Hall–Kier alpha value is -2.67. The van der Waals surface area contributed by atoms with Gasteiger partial charge in [-0.15, -0.1) is 0 Å². The van der Waals surface area contributed by atoms with Crippen molar-refractivity contribution in [3.05, 3.63) is 42.4 Å². The van der Waals surface area contributed by atoms with Crippen LogP contribution in [0, 0.1) is 0 Å². The minimum atomic E-state index is -1.11. The molecule has 2 heterocycles. The summed E-state index contributed by atoms with van der Waals surface area (Å²) in [6, 6.07) is 8.25. The maximum atomic E-state index is 11.9. The van der Waals surface area contributed by atoms with E-state index in [0.29, 0.717) is 29.4 Å². The highest BCUT2D eigenvalue weighted by Gasteiger charge is 2.23. The van der Waals surface area contributed by atoms with Gasteiger partial charge in [0.25, 0.3) is 0 Å². The van der Waals surface area contributed by atoms with Gasteiger partial charge in [-0.25, -0.2) is 4.79 Å². The fraction of sp³-hybridized carbons (Fsp3) is 0.312. The lowest BCUT2D eigenvalue weighted by atomic mass is 10.0. The van der Waals surface area contributed by atoms with Gasteiger partial charge < -0.3 is 29.6 Å². The van der Waals surface area contributed by atoms with Crippen LogP contribution < -0.4 is 20.1 Å².